The van der Waals surface area contributed by atoms with Crippen LogP contribution in [-0.4, -0.2) is 16.3 Å². The molecule has 0 N–H and O–H groups in total. The van der Waals surface area contributed by atoms with E-state index in [1.54, 1.807) is 4.90 Å². The summed E-state index contributed by atoms with van der Waals surface area (Å²) in [5.74, 6) is 0. The molecule has 1 aromatic carbocycles. The molecular weight excluding hydrogens is 277 g/mol. The van der Waals surface area contributed by atoms with Crippen molar-refractivity contribution >= 4 is 32.9 Å². The Bertz CT molecular complexity index is 361. The topological polar surface area (TPSA) is 20.3 Å². The summed E-state index contributed by atoms with van der Waals surface area (Å²) in [5, 5.41) is -0.347. The van der Waals surface area contributed by atoms with Gasteiger partial charge in [-0.15, -0.1) is 0 Å². The van der Waals surface area contributed by atoms with Gasteiger partial charge in [0.2, 0.25) is 0 Å². The third-order valence-corrected chi connectivity index (χ3v) is 3.23. The van der Waals surface area contributed by atoms with Gasteiger partial charge in [0.25, 0.3) is 0 Å². The Morgan fingerprint density at radius 3 is 2.47 bits per heavy atom. The lowest BCUT2D eigenvalue weighted by Crippen LogP contribution is -2.27. The Morgan fingerprint density at radius 1 is 1.40 bits per heavy atom. The van der Waals surface area contributed by atoms with E-state index in [0.717, 1.165) is 22.9 Å². The van der Waals surface area contributed by atoms with E-state index in [0.29, 0.717) is 12.6 Å². The summed E-state index contributed by atoms with van der Waals surface area (Å²) in [6.45, 7) is 0.611. The van der Waals surface area contributed by atoms with Crippen molar-refractivity contribution in [3.63, 3.8) is 0 Å². The molecule has 0 atom stereocenters. The van der Waals surface area contributed by atoms with Crippen molar-refractivity contribution in [2.24, 2.45) is 0 Å². The zero-order valence-electron chi connectivity index (χ0n) is 8.12. The third kappa shape index (κ3) is 2.95. The van der Waals surface area contributed by atoms with Crippen LogP contribution in [0.15, 0.2) is 28.7 Å². The molecule has 0 heterocycles. The van der Waals surface area contributed by atoms with Gasteiger partial charge in [-0.05, 0) is 42.1 Å². The van der Waals surface area contributed by atoms with Gasteiger partial charge in [-0.2, -0.15) is 0 Å². The lowest BCUT2D eigenvalue weighted by Gasteiger charge is -2.18. The van der Waals surface area contributed by atoms with Crippen LogP contribution in [0.3, 0.4) is 0 Å². The maximum Gasteiger partial charge on any atom is 0.316 e. The van der Waals surface area contributed by atoms with Crippen molar-refractivity contribution in [2.75, 3.05) is 0 Å². The Kier molecular flexibility index (Phi) is 3.32. The summed E-state index contributed by atoms with van der Waals surface area (Å²) < 4.78 is 1.04. The minimum absolute atomic E-state index is 0.347. The van der Waals surface area contributed by atoms with Crippen LogP contribution in [-0.2, 0) is 6.54 Å². The predicted octanol–water partition coefficient (Wildman–Crippen LogP) is 3.77. The standard InChI is InChI=1S/C11H11BrClNO/c12-9-3-1-8(2-4-9)7-14(11(13)15)10-5-6-10/h1-4,10H,5-7H2. The van der Waals surface area contributed by atoms with E-state index in [2.05, 4.69) is 15.9 Å². The molecule has 0 radical (unpaired) electrons. The number of carbonyl (C=O) groups is 1. The zero-order valence-corrected chi connectivity index (χ0v) is 10.5. The van der Waals surface area contributed by atoms with E-state index < -0.39 is 0 Å². The molecule has 0 aliphatic heterocycles. The number of hydrogen-bond acceptors (Lipinski definition) is 1. The summed E-state index contributed by atoms with van der Waals surface area (Å²) in [6, 6.07) is 8.30. The summed E-state index contributed by atoms with van der Waals surface area (Å²) in [4.78, 5) is 12.9. The molecule has 0 aromatic heterocycles. The highest BCUT2D eigenvalue weighted by atomic mass is 79.9. The molecule has 0 spiro atoms. The van der Waals surface area contributed by atoms with E-state index in [9.17, 15) is 4.79 Å². The second kappa shape index (κ2) is 4.54. The second-order valence-corrected chi connectivity index (χ2v) is 4.98. The Balaban J connectivity index is 2.05. The van der Waals surface area contributed by atoms with E-state index in [1.807, 2.05) is 24.3 Å². The first-order valence-corrected chi connectivity index (χ1v) is 6.04. The van der Waals surface area contributed by atoms with Gasteiger partial charge in [0.05, 0.1) is 0 Å². The van der Waals surface area contributed by atoms with Gasteiger partial charge < -0.3 is 4.90 Å². The fourth-order valence-electron chi connectivity index (χ4n) is 1.51. The highest BCUT2D eigenvalue weighted by Crippen LogP contribution is 2.29. The molecule has 80 valence electrons. The Hall–Kier alpha value is -0.540. The fraction of sp³-hybridized carbons (Fsp3) is 0.364. The van der Waals surface area contributed by atoms with Crippen LogP contribution in [0.5, 0.6) is 0 Å². The zero-order chi connectivity index (χ0) is 10.8. The van der Waals surface area contributed by atoms with Crippen LogP contribution < -0.4 is 0 Å². The SMILES string of the molecule is O=C(Cl)N(Cc1ccc(Br)cc1)C1CC1. The van der Waals surface area contributed by atoms with Crippen molar-refractivity contribution in [3.8, 4) is 0 Å². The number of carbonyl (C=O) groups excluding carboxylic acids is 1. The monoisotopic (exact) mass is 287 g/mol. The second-order valence-electron chi connectivity index (χ2n) is 3.74. The molecule has 1 aliphatic rings. The van der Waals surface area contributed by atoms with Gasteiger partial charge >= 0.3 is 5.37 Å². The molecule has 0 bridgehead atoms. The van der Waals surface area contributed by atoms with Gasteiger partial charge in [-0.25, -0.2) is 0 Å². The molecule has 0 unspecified atom stereocenters. The summed E-state index contributed by atoms with van der Waals surface area (Å²) in [5.41, 5.74) is 1.11. The quantitative estimate of drug-likeness (QED) is 0.612. The van der Waals surface area contributed by atoms with Crippen LogP contribution in [0.25, 0.3) is 0 Å². The number of amides is 1. The van der Waals surface area contributed by atoms with Crippen LogP contribution in [0.4, 0.5) is 4.79 Å². The highest BCUT2D eigenvalue weighted by molar-refractivity contribution is 9.10. The minimum atomic E-state index is -0.347. The lowest BCUT2D eigenvalue weighted by atomic mass is 10.2. The smallest absolute Gasteiger partial charge is 0.316 e. The van der Waals surface area contributed by atoms with Crippen LogP contribution >= 0.6 is 27.5 Å². The summed E-state index contributed by atoms with van der Waals surface area (Å²) in [6.07, 6.45) is 2.16. The normalized spacial score (nSPS) is 15.1. The molecule has 1 amide bonds. The number of benzene rings is 1. The van der Waals surface area contributed by atoms with E-state index >= 15 is 0 Å². The number of hydrogen-bond donors (Lipinski definition) is 0. The average Bonchev–Trinajstić information content (AvgIpc) is 3.00. The molecule has 4 heteroatoms. The summed E-state index contributed by atoms with van der Waals surface area (Å²) >= 11 is 8.91. The maximum atomic E-state index is 11.2. The average molecular weight is 289 g/mol. The van der Waals surface area contributed by atoms with Crippen LogP contribution in [0.2, 0.25) is 0 Å². The molecule has 1 aliphatic carbocycles. The van der Waals surface area contributed by atoms with E-state index in [1.165, 1.54) is 0 Å². The molecule has 1 fully saturated rings. The number of halogens is 2. The van der Waals surface area contributed by atoms with E-state index in [-0.39, 0.29) is 5.37 Å². The van der Waals surface area contributed by atoms with Crippen LogP contribution in [0, 0.1) is 0 Å². The van der Waals surface area contributed by atoms with E-state index in [4.69, 9.17) is 11.6 Å². The molecule has 1 aromatic rings. The third-order valence-electron chi connectivity index (χ3n) is 2.48. The van der Waals surface area contributed by atoms with Crippen molar-refractivity contribution in [1.29, 1.82) is 0 Å². The first-order valence-electron chi connectivity index (χ1n) is 4.87. The fourth-order valence-corrected chi connectivity index (χ4v) is 1.97. The first kappa shape index (κ1) is 11.0. The highest BCUT2D eigenvalue weighted by Gasteiger charge is 2.31. The van der Waals surface area contributed by atoms with Gasteiger partial charge in [0, 0.05) is 17.1 Å². The Labute approximate surface area is 102 Å². The molecule has 0 saturated heterocycles. The summed E-state index contributed by atoms with van der Waals surface area (Å²) in [7, 11) is 0. The predicted molar refractivity (Wildman–Crippen MR) is 64.0 cm³/mol. The number of rotatable bonds is 3. The van der Waals surface area contributed by atoms with Crippen molar-refractivity contribution in [3.05, 3.63) is 34.3 Å². The molecule has 2 nitrogen and oxygen atoms in total. The van der Waals surface area contributed by atoms with Crippen molar-refractivity contribution < 1.29 is 4.79 Å². The molecule has 1 saturated carbocycles. The molecule has 15 heavy (non-hydrogen) atoms. The lowest BCUT2D eigenvalue weighted by molar-refractivity contribution is 0.216. The largest absolute Gasteiger partial charge is 0.322 e. The van der Waals surface area contributed by atoms with Crippen molar-refractivity contribution in [2.45, 2.75) is 25.4 Å². The van der Waals surface area contributed by atoms with Crippen LogP contribution in [0.1, 0.15) is 18.4 Å². The maximum absolute atomic E-state index is 11.2. The first-order chi connectivity index (χ1) is 7.16. The van der Waals surface area contributed by atoms with Gasteiger partial charge in [0.15, 0.2) is 0 Å². The van der Waals surface area contributed by atoms with Crippen molar-refractivity contribution in [1.82, 2.24) is 4.90 Å². The number of nitrogens with zero attached hydrogens (tertiary/aromatic N) is 1. The molecular formula is C11H11BrClNO. The molecule has 2 rings (SSSR count). The minimum Gasteiger partial charge on any atom is -0.322 e. The van der Waals surface area contributed by atoms with Gasteiger partial charge in [0.1, 0.15) is 0 Å². The van der Waals surface area contributed by atoms with Gasteiger partial charge in [-0.3, -0.25) is 4.79 Å². The Morgan fingerprint density at radius 2 is 2.00 bits per heavy atom. The van der Waals surface area contributed by atoms with Gasteiger partial charge in [-0.1, -0.05) is 28.1 Å².